The lowest BCUT2D eigenvalue weighted by atomic mass is 10.0. The molecule has 12 heavy (non-hydrogen) atoms. The quantitative estimate of drug-likeness (QED) is 0.526. The lowest BCUT2D eigenvalue weighted by Gasteiger charge is -2.11. The summed E-state index contributed by atoms with van der Waals surface area (Å²) < 4.78 is 0. The van der Waals surface area contributed by atoms with Gasteiger partial charge in [0.15, 0.2) is 0 Å². The lowest BCUT2D eigenvalue weighted by molar-refractivity contribution is 0.779. The van der Waals surface area contributed by atoms with Gasteiger partial charge in [-0.3, -0.25) is 0 Å². The average Bonchev–Trinajstić information content (AvgIpc) is 1.98. The summed E-state index contributed by atoms with van der Waals surface area (Å²) in [6.07, 6.45) is 3.23. The molecule has 1 atom stereocenters. The first-order valence-electron chi connectivity index (χ1n) is 4.37. The van der Waals surface area contributed by atoms with Crippen LogP contribution in [0.2, 0.25) is 0 Å². The van der Waals surface area contributed by atoms with E-state index < -0.39 is 0 Å². The van der Waals surface area contributed by atoms with Crippen LogP contribution >= 0.6 is 0 Å². The molecule has 0 aromatic carbocycles. The third kappa shape index (κ3) is 2.29. The van der Waals surface area contributed by atoms with Crippen LogP contribution in [0.4, 0.5) is 0 Å². The van der Waals surface area contributed by atoms with Gasteiger partial charge >= 0.3 is 0 Å². The molecule has 0 radical (unpaired) electrons. The number of rotatable bonds is 0. The number of hydrogen-bond donors (Lipinski definition) is 0. The van der Waals surface area contributed by atoms with Crippen LogP contribution in [-0.4, -0.2) is 11.5 Å². The third-order valence-electron chi connectivity index (χ3n) is 2.16. The van der Waals surface area contributed by atoms with Crippen LogP contribution in [0.1, 0.15) is 34.1 Å². The number of amidine groups is 1. The van der Waals surface area contributed by atoms with Gasteiger partial charge in [-0.25, -0.2) is 9.98 Å². The summed E-state index contributed by atoms with van der Waals surface area (Å²) in [4.78, 5) is 8.71. The van der Waals surface area contributed by atoms with Crippen molar-refractivity contribution in [3.05, 3.63) is 11.8 Å². The van der Waals surface area contributed by atoms with Crippen LogP contribution in [0.5, 0.6) is 0 Å². The molecule has 0 fully saturated rings. The lowest BCUT2D eigenvalue weighted by Crippen LogP contribution is -2.09. The van der Waals surface area contributed by atoms with Gasteiger partial charge in [0.25, 0.3) is 0 Å². The Hall–Kier alpha value is -0.920. The standard InChI is InChI=1S/C10H16N2/c1-7-5-6-8(2)11-10(4)12-9(7)3/h6-7H,5H2,1-4H3/b8-6+,11-10-,12-9-. The van der Waals surface area contributed by atoms with Crippen molar-refractivity contribution < 1.29 is 0 Å². The summed E-state index contributed by atoms with van der Waals surface area (Å²) in [6.45, 7) is 8.23. The first-order valence-corrected chi connectivity index (χ1v) is 4.37. The normalized spacial score (nSPS) is 38.0. The molecule has 0 saturated heterocycles. The Morgan fingerprint density at radius 2 is 1.92 bits per heavy atom. The molecule has 1 aliphatic rings. The second-order valence-electron chi connectivity index (χ2n) is 3.39. The molecular formula is C10H16N2. The maximum absolute atomic E-state index is 4.39. The summed E-state index contributed by atoms with van der Waals surface area (Å²) in [5.74, 6) is 1.42. The highest BCUT2D eigenvalue weighted by atomic mass is 14.9. The van der Waals surface area contributed by atoms with Crippen molar-refractivity contribution in [2.24, 2.45) is 15.9 Å². The minimum absolute atomic E-state index is 0.547. The van der Waals surface area contributed by atoms with Crippen LogP contribution in [0.3, 0.4) is 0 Å². The van der Waals surface area contributed by atoms with Gasteiger partial charge in [-0.1, -0.05) is 13.0 Å². The van der Waals surface area contributed by atoms with Crippen molar-refractivity contribution in [2.45, 2.75) is 34.1 Å². The SMILES string of the molecule is CC1=N/C(C)=C/CC(C)/C(C)=N\1. The predicted molar refractivity (Wildman–Crippen MR) is 53.8 cm³/mol. The molecule has 0 bridgehead atoms. The molecular weight excluding hydrogens is 148 g/mol. The molecule has 0 aromatic rings. The molecule has 0 N–H and O–H groups in total. The van der Waals surface area contributed by atoms with Crippen LogP contribution in [0, 0.1) is 5.92 Å². The van der Waals surface area contributed by atoms with Crippen molar-refractivity contribution in [3.63, 3.8) is 0 Å². The molecule has 0 saturated carbocycles. The Morgan fingerprint density at radius 1 is 1.25 bits per heavy atom. The second-order valence-corrected chi connectivity index (χ2v) is 3.39. The number of allylic oxidation sites excluding steroid dienone is 2. The Balaban J connectivity index is 2.96. The molecule has 1 unspecified atom stereocenters. The summed E-state index contributed by atoms with van der Waals surface area (Å²) in [5, 5.41) is 0. The Morgan fingerprint density at radius 3 is 2.58 bits per heavy atom. The van der Waals surface area contributed by atoms with Gasteiger partial charge in [-0.15, -0.1) is 0 Å². The van der Waals surface area contributed by atoms with E-state index in [0.717, 1.165) is 18.0 Å². The second kappa shape index (κ2) is 3.65. The maximum Gasteiger partial charge on any atom is 0.125 e. The zero-order valence-corrected chi connectivity index (χ0v) is 8.26. The van der Waals surface area contributed by atoms with Gasteiger partial charge in [-0.05, 0) is 33.1 Å². The molecule has 0 aliphatic carbocycles. The molecule has 0 spiro atoms. The predicted octanol–water partition coefficient (Wildman–Crippen LogP) is 2.81. The van der Waals surface area contributed by atoms with E-state index in [2.05, 4.69) is 29.9 Å². The van der Waals surface area contributed by atoms with E-state index in [4.69, 9.17) is 0 Å². The summed E-state index contributed by atoms with van der Waals surface area (Å²) in [6, 6.07) is 0. The van der Waals surface area contributed by atoms with Crippen molar-refractivity contribution in [1.82, 2.24) is 0 Å². The molecule has 1 heterocycles. The summed E-state index contributed by atoms with van der Waals surface area (Å²) in [5.41, 5.74) is 2.26. The topological polar surface area (TPSA) is 24.7 Å². The Kier molecular flexibility index (Phi) is 2.79. The van der Waals surface area contributed by atoms with Gasteiger partial charge in [0.2, 0.25) is 0 Å². The minimum Gasteiger partial charge on any atom is -0.243 e. The fourth-order valence-electron chi connectivity index (χ4n) is 1.21. The van der Waals surface area contributed by atoms with Crippen molar-refractivity contribution in [1.29, 1.82) is 0 Å². The summed E-state index contributed by atoms with van der Waals surface area (Å²) >= 11 is 0. The highest BCUT2D eigenvalue weighted by molar-refractivity contribution is 5.97. The highest BCUT2D eigenvalue weighted by Gasteiger charge is 2.06. The van der Waals surface area contributed by atoms with Crippen LogP contribution in [0.25, 0.3) is 0 Å². The largest absolute Gasteiger partial charge is 0.243 e. The van der Waals surface area contributed by atoms with E-state index in [0.29, 0.717) is 5.92 Å². The average molecular weight is 164 g/mol. The first-order chi connectivity index (χ1) is 5.59. The monoisotopic (exact) mass is 164 g/mol. The first kappa shape index (κ1) is 9.17. The van der Waals surface area contributed by atoms with E-state index in [1.807, 2.05) is 13.8 Å². The maximum atomic E-state index is 4.39. The molecule has 66 valence electrons. The molecule has 0 amide bonds. The zero-order valence-electron chi connectivity index (χ0n) is 8.26. The fraction of sp³-hybridized carbons (Fsp3) is 0.600. The van der Waals surface area contributed by atoms with Crippen molar-refractivity contribution in [2.75, 3.05) is 0 Å². The molecule has 2 nitrogen and oxygen atoms in total. The van der Waals surface area contributed by atoms with Crippen molar-refractivity contribution in [3.8, 4) is 0 Å². The van der Waals surface area contributed by atoms with E-state index >= 15 is 0 Å². The minimum atomic E-state index is 0.547. The van der Waals surface area contributed by atoms with E-state index in [9.17, 15) is 0 Å². The van der Waals surface area contributed by atoms with E-state index in [1.165, 1.54) is 5.71 Å². The third-order valence-corrected chi connectivity index (χ3v) is 2.16. The van der Waals surface area contributed by atoms with Gasteiger partial charge in [0.05, 0.1) is 0 Å². The van der Waals surface area contributed by atoms with Crippen LogP contribution in [-0.2, 0) is 0 Å². The van der Waals surface area contributed by atoms with E-state index in [1.54, 1.807) is 0 Å². The molecule has 1 aliphatic heterocycles. The van der Waals surface area contributed by atoms with Gasteiger partial charge < -0.3 is 0 Å². The van der Waals surface area contributed by atoms with Crippen LogP contribution < -0.4 is 0 Å². The summed E-state index contributed by atoms with van der Waals surface area (Å²) in [7, 11) is 0. The number of hydrogen-bond acceptors (Lipinski definition) is 2. The highest BCUT2D eigenvalue weighted by Crippen LogP contribution is 2.12. The van der Waals surface area contributed by atoms with Gasteiger partial charge in [0.1, 0.15) is 5.84 Å². The fourth-order valence-corrected chi connectivity index (χ4v) is 1.21. The Bertz CT molecular complexity index is 259. The van der Waals surface area contributed by atoms with Crippen LogP contribution in [0.15, 0.2) is 21.8 Å². The van der Waals surface area contributed by atoms with Gasteiger partial charge in [-0.2, -0.15) is 0 Å². The van der Waals surface area contributed by atoms with Gasteiger partial charge in [0, 0.05) is 11.4 Å². The zero-order chi connectivity index (χ0) is 9.14. The Labute approximate surface area is 74.1 Å². The molecule has 1 rings (SSSR count). The van der Waals surface area contributed by atoms with Crippen molar-refractivity contribution >= 4 is 11.5 Å². The number of nitrogens with zero attached hydrogens (tertiary/aromatic N) is 2. The smallest absolute Gasteiger partial charge is 0.125 e. The molecule has 0 aromatic heterocycles. The number of aliphatic imine (C=N–C) groups is 2. The van der Waals surface area contributed by atoms with E-state index in [-0.39, 0.29) is 0 Å². The molecule has 2 heteroatoms.